The Hall–Kier alpha value is -2.29. The summed E-state index contributed by atoms with van der Waals surface area (Å²) in [4.78, 5) is 4.45. The van der Waals surface area contributed by atoms with Gasteiger partial charge in [-0.1, -0.05) is 29.8 Å². The summed E-state index contributed by atoms with van der Waals surface area (Å²) in [6.45, 7) is 2.08. The van der Waals surface area contributed by atoms with Gasteiger partial charge in [-0.05, 0) is 30.7 Å². The molecule has 0 saturated carbocycles. The molecular formula is C15H14N2O. The molecule has 0 aliphatic rings. The van der Waals surface area contributed by atoms with Crippen LogP contribution in [0.25, 0.3) is 11.1 Å². The lowest BCUT2D eigenvalue weighted by molar-refractivity contribution is 0.544. The molecule has 0 bridgehead atoms. The molecule has 0 saturated heterocycles. The molecule has 3 aromatic rings. The average Bonchev–Trinajstić information content (AvgIpc) is 2.70. The molecule has 0 unspecified atom stereocenters. The van der Waals surface area contributed by atoms with E-state index in [-0.39, 0.29) is 0 Å². The third-order valence-corrected chi connectivity index (χ3v) is 2.89. The fourth-order valence-electron chi connectivity index (χ4n) is 2.06. The number of nitrogens with zero attached hydrogens (tertiary/aromatic N) is 1. The number of hydrogen-bond donors (Lipinski definition) is 1. The lowest BCUT2D eigenvalue weighted by Gasteiger charge is -1.98. The van der Waals surface area contributed by atoms with Crippen molar-refractivity contribution in [1.29, 1.82) is 0 Å². The highest BCUT2D eigenvalue weighted by Gasteiger charge is 2.06. The van der Waals surface area contributed by atoms with Gasteiger partial charge in [0.25, 0.3) is 0 Å². The van der Waals surface area contributed by atoms with Gasteiger partial charge < -0.3 is 10.2 Å². The van der Waals surface area contributed by atoms with Crippen LogP contribution in [-0.2, 0) is 6.42 Å². The first-order valence-corrected chi connectivity index (χ1v) is 5.91. The van der Waals surface area contributed by atoms with Gasteiger partial charge in [-0.2, -0.15) is 0 Å². The largest absolute Gasteiger partial charge is 0.440 e. The Morgan fingerprint density at radius 3 is 2.89 bits per heavy atom. The third-order valence-electron chi connectivity index (χ3n) is 2.89. The van der Waals surface area contributed by atoms with E-state index in [0.717, 1.165) is 17.0 Å². The standard InChI is InChI=1S/C15H14N2O/c1-10-3-2-4-11(7-10)8-15-17-13-9-12(16)5-6-14(13)18-15/h2-7,9H,8,16H2,1H3. The first-order valence-electron chi connectivity index (χ1n) is 5.91. The maximum Gasteiger partial charge on any atom is 0.199 e. The van der Waals surface area contributed by atoms with Crippen molar-refractivity contribution >= 4 is 16.8 Å². The highest BCUT2D eigenvalue weighted by Crippen LogP contribution is 2.20. The van der Waals surface area contributed by atoms with Gasteiger partial charge in [0.05, 0.1) is 0 Å². The molecular weight excluding hydrogens is 224 g/mol. The normalized spacial score (nSPS) is 10.9. The molecule has 2 aromatic carbocycles. The van der Waals surface area contributed by atoms with E-state index in [4.69, 9.17) is 10.2 Å². The molecule has 0 aliphatic heterocycles. The average molecular weight is 238 g/mol. The second-order valence-electron chi connectivity index (χ2n) is 4.50. The number of hydrogen-bond acceptors (Lipinski definition) is 3. The molecule has 0 spiro atoms. The van der Waals surface area contributed by atoms with Crippen molar-refractivity contribution in [3.05, 3.63) is 59.5 Å². The summed E-state index contributed by atoms with van der Waals surface area (Å²) < 4.78 is 5.70. The summed E-state index contributed by atoms with van der Waals surface area (Å²) in [6.07, 6.45) is 0.705. The zero-order chi connectivity index (χ0) is 12.5. The number of aromatic nitrogens is 1. The SMILES string of the molecule is Cc1cccc(Cc2nc3cc(N)ccc3o2)c1. The fraction of sp³-hybridized carbons (Fsp3) is 0.133. The minimum Gasteiger partial charge on any atom is -0.440 e. The number of nitrogen functional groups attached to an aromatic ring is 1. The number of benzene rings is 2. The van der Waals surface area contributed by atoms with E-state index in [0.29, 0.717) is 12.1 Å². The summed E-state index contributed by atoms with van der Waals surface area (Å²) >= 11 is 0. The Morgan fingerprint density at radius 1 is 1.17 bits per heavy atom. The minimum absolute atomic E-state index is 0.705. The highest BCUT2D eigenvalue weighted by atomic mass is 16.3. The summed E-state index contributed by atoms with van der Waals surface area (Å²) in [5.41, 5.74) is 10.5. The zero-order valence-electron chi connectivity index (χ0n) is 10.2. The van der Waals surface area contributed by atoms with Gasteiger partial charge in [0.2, 0.25) is 0 Å². The van der Waals surface area contributed by atoms with Gasteiger partial charge in [-0.15, -0.1) is 0 Å². The number of oxazole rings is 1. The minimum atomic E-state index is 0.705. The molecule has 1 heterocycles. The Kier molecular flexibility index (Phi) is 2.52. The van der Waals surface area contributed by atoms with Crippen molar-refractivity contribution in [1.82, 2.24) is 4.98 Å². The molecule has 18 heavy (non-hydrogen) atoms. The van der Waals surface area contributed by atoms with Crippen LogP contribution in [-0.4, -0.2) is 4.98 Å². The second kappa shape index (κ2) is 4.18. The molecule has 0 aliphatic carbocycles. The number of rotatable bonds is 2. The van der Waals surface area contributed by atoms with Gasteiger partial charge >= 0.3 is 0 Å². The molecule has 1 aromatic heterocycles. The summed E-state index contributed by atoms with van der Waals surface area (Å²) in [5.74, 6) is 0.723. The monoisotopic (exact) mass is 238 g/mol. The quantitative estimate of drug-likeness (QED) is 0.697. The van der Waals surface area contributed by atoms with Gasteiger partial charge in [0.15, 0.2) is 11.5 Å². The molecule has 2 N–H and O–H groups in total. The van der Waals surface area contributed by atoms with Crippen molar-refractivity contribution in [2.75, 3.05) is 5.73 Å². The first kappa shape index (κ1) is 10.8. The topological polar surface area (TPSA) is 52.0 Å². The van der Waals surface area contributed by atoms with Crippen LogP contribution >= 0.6 is 0 Å². The van der Waals surface area contributed by atoms with E-state index >= 15 is 0 Å². The van der Waals surface area contributed by atoms with E-state index in [1.54, 1.807) is 0 Å². The molecule has 3 nitrogen and oxygen atoms in total. The molecule has 0 amide bonds. The van der Waals surface area contributed by atoms with Gasteiger partial charge in [-0.25, -0.2) is 4.98 Å². The van der Waals surface area contributed by atoms with Gasteiger partial charge in [0.1, 0.15) is 5.52 Å². The second-order valence-corrected chi connectivity index (χ2v) is 4.50. The van der Waals surface area contributed by atoms with Crippen LogP contribution in [0.1, 0.15) is 17.0 Å². The Bertz CT molecular complexity index is 701. The summed E-state index contributed by atoms with van der Waals surface area (Å²) in [7, 11) is 0. The van der Waals surface area contributed by atoms with Crippen molar-refractivity contribution in [2.24, 2.45) is 0 Å². The Morgan fingerprint density at radius 2 is 2.06 bits per heavy atom. The molecule has 3 heteroatoms. The predicted molar refractivity (Wildman–Crippen MR) is 72.4 cm³/mol. The smallest absolute Gasteiger partial charge is 0.199 e. The van der Waals surface area contributed by atoms with Gasteiger partial charge in [-0.3, -0.25) is 0 Å². The van der Waals surface area contributed by atoms with E-state index in [2.05, 4.69) is 30.1 Å². The highest BCUT2D eigenvalue weighted by molar-refractivity contribution is 5.76. The summed E-state index contributed by atoms with van der Waals surface area (Å²) in [6, 6.07) is 13.9. The third kappa shape index (κ3) is 2.07. The molecule has 0 atom stereocenters. The molecule has 0 radical (unpaired) electrons. The van der Waals surface area contributed by atoms with E-state index in [1.165, 1.54) is 11.1 Å². The van der Waals surface area contributed by atoms with Crippen LogP contribution in [0.3, 0.4) is 0 Å². The lowest BCUT2D eigenvalue weighted by Crippen LogP contribution is -1.88. The fourth-order valence-corrected chi connectivity index (χ4v) is 2.06. The van der Waals surface area contributed by atoms with Crippen molar-refractivity contribution in [2.45, 2.75) is 13.3 Å². The van der Waals surface area contributed by atoms with Crippen molar-refractivity contribution in [3.63, 3.8) is 0 Å². The van der Waals surface area contributed by atoms with Crippen LogP contribution in [0.5, 0.6) is 0 Å². The molecule has 90 valence electrons. The molecule has 0 fully saturated rings. The van der Waals surface area contributed by atoms with Crippen molar-refractivity contribution in [3.8, 4) is 0 Å². The van der Waals surface area contributed by atoms with Crippen molar-refractivity contribution < 1.29 is 4.42 Å². The Balaban J connectivity index is 1.95. The summed E-state index contributed by atoms with van der Waals surface area (Å²) in [5, 5.41) is 0. The maximum absolute atomic E-state index is 5.72. The van der Waals surface area contributed by atoms with Crippen LogP contribution < -0.4 is 5.73 Å². The number of nitrogens with two attached hydrogens (primary N) is 1. The van der Waals surface area contributed by atoms with Crippen LogP contribution in [0.15, 0.2) is 46.9 Å². The zero-order valence-corrected chi connectivity index (χ0v) is 10.2. The van der Waals surface area contributed by atoms with E-state index in [9.17, 15) is 0 Å². The van der Waals surface area contributed by atoms with Crippen LogP contribution in [0.2, 0.25) is 0 Å². The molecule has 3 rings (SSSR count). The van der Waals surface area contributed by atoms with E-state index in [1.807, 2.05) is 24.3 Å². The number of fused-ring (bicyclic) bond motifs is 1. The number of aryl methyl sites for hydroxylation is 1. The Labute approximate surface area is 105 Å². The van der Waals surface area contributed by atoms with E-state index < -0.39 is 0 Å². The van der Waals surface area contributed by atoms with Gasteiger partial charge in [0, 0.05) is 12.1 Å². The predicted octanol–water partition coefficient (Wildman–Crippen LogP) is 3.31. The number of anilines is 1. The van der Waals surface area contributed by atoms with Crippen LogP contribution in [0, 0.1) is 6.92 Å². The maximum atomic E-state index is 5.72. The van der Waals surface area contributed by atoms with Crippen LogP contribution in [0.4, 0.5) is 5.69 Å². The first-order chi connectivity index (χ1) is 8.70. The lowest BCUT2D eigenvalue weighted by atomic mass is 10.1.